The molecule has 2 rings (SSSR count). The minimum Gasteiger partial charge on any atom is -0.398 e. The van der Waals surface area contributed by atoms with Gasteiger partial charge < -0.3 is 10.3 Å². The highest BCUT2D eigenvalue weighted by atomic mass is 16.5. The number of nitrogens with zero attached hydrogens (tertiary/aromatic N) is 2. The van der Waals surface area contributed by atoms with Crippen LogP contribution in [0.4, 0.5) is 11.7 Å². The van der Waals surface area contributed by atoms with Crippen LogP contribution in [0.25, 0.3) is 0 Å². The fourth-order valence-corrected chi connectivity index (χ4v) is 1.39. The molecule has 0 saturated heterocycles. The lowest BCUT2D eigenvalue weighted by molar-refractivity contribution is 0.102. The number of nitrogen functional groups attached to an aromatic ring is 1. The number of para-hydroxylation sites is 1. The second-order valence-corrected chi connectivity index (χ2v) is 3.64. The van der Waals surface area contributed by atoms with Gasteiger partial charge in [-0.05, 0) is 25.5 Å². The maximum absolute atomic E-state index is 11.9. The van der Waals surface area contributed by atoms with Gasteiger partial charge in [-0.2, -0.15) is 4.98 Å². The molecule has 0 radical (unpaired) electrons. The Morgan fingerprint density at radius 1 is 1.41 bits per heavy atom. The fraction of sp³-hybridized carbons (Fsp3) is 0.182. The highest BCUT2D eigenvalue weighted by Crippen LogP contribution is 2.17. The quantitative estimate of drug-likeness (QED) is 0.765. The number of amides is 1. The molecule has 17 heavy (non-hydrogen) atoms. The van der Waals surface area contributed by atoms with Gasteiger partial charge in [-0.3, -0.25) is 10.1 Å². The van der Waals surface area contributed by atoms with Crippen LogP contribution in [0, 0.1) is 13.8 Å². The average molecular weight is 232 g/mol. The molecule has 0 aliphatic rings. The summed E-state index contributed by atoms with van der Waals surface area (Å²) in [5, 5.41) is 6.06. The van der Waals surface area contributed by atoms with E-state index in [9.17, 15) is 4.79 Å². The third kappa shape index (κ3) is 2.25. The lowest BCUT2D eigenvalue weighted by Crippen LogP contribution is -2.14. The van der Waals surface area contributed by atoms with E-state index in [2.05, 4.69) is 15.5 Å². The Kier molecular flexibility index (Phi) is 2.78. The predicted molar refractivity (Wildman–Crippen MR) is 62.6 cm³/mol. The lowest BCUT2D eigenvalue weighted by atomic mass is 10.1. The number of aromatic nitrogens is 2. The van der Waals surface area contributed by atoms with Gasteiger partial charge in [0.25, 0.3) is 5.91 Å². The van der Waals surface area contributed by atoms with Crippen LogP contribution in [-0.2, 0) is 0 Å². The van der Waals surface area contributed by atoms with Crippen LogP contribution in [0.2, 0.25) is 0 Å². The van der Waals surface area contributed by atoms with Gasteiger partial charge in [0.1, 0.15) is 0 Å². The molecule has 6 heteroatoms. The highest BCUT2D eigenvalue weighted by Gasteiger charge is 2.13. The van der Waals surface area contributed by atoms with Crippen molar-refractivity contribution >= 4 is 17.6 Å². The summed E-state index contributed by atoms with van der Waals surface area (Å²) >= 11 is 0. The van der Waals surface area contributed by atoms with Crippen LogP contribution in [0.3, 0.4) is 0 Å². The first-order valence-electron chi connectivity index (χ1n) is 5.04. The van der Waals surface area contributed by atoms with E-state index in [0.29, 0.717) is 17.1 Å². The largest absolute Gasteiger partial charge is 0.398 e. The molecular weight excluding hydrogens is 220 g/mol. The molecule has 0 spiro atoms. The van der Waals surface area contributed by atoms with Crippen molar-refractivity contribution in [2.45, 2.75) is 13.8 Å². The van der Waals surface area contributed by atoms with E-state index in [-0.39, 0.29) is 11.9 Å². The molecule has 1 heterocycles. The standard InChI is InChI=1S/C11H12N4O2/c1-6-4-3-5-8(9(6)12)10(16)14-11-13-7(2)15-17-11/h3-5H,12H2,1-2H3,(H,13,14,15,16). The summed E-state index contributed by atoms with van der Waals surface area (Å²) < 4.78 is 4.79. The Labute approximate surface area is 97.8 Å². The number of carbonyl (C=O) groups excluding carboxylic acids is 1. The van der Waals surface area contributed by atoms with Gasteiger partial charge in [-0.1, -0.05) is 17.3 Å². The number of anilines is 2. The highest BCUT2D eigenvalue weighted by molar-refractivity contribution is 6.07. The summed E-state index contributed by atoms with van der Waals surface area (Å²) in [5.41, 5.74) is 7.50. The van der Waals surface area contributed by atoms with Crippen LogP contribution in [0.5, 0.6) is 0 Å². The third-order valence-electron chi connectivity index (χ3n) is 2.32. The minimum absolute atomic E-state index is 0.0633. The molecular formula is C11H12N4O2. The van der Waals surface area contributed by atoms with Crippen LogP contribution in [-0.4, -0.2) is 16.0 Å². The number of carbonyl (C=O) groups is 1. The molecule has 0 aliphatic carbocycles. The molecule has 0 saturated carbocycles. The smallest absolute Gasteiger partial charge is 0.328 e. The summed E-state index contributed by atoms with van der Waals surface area (Å²) in [4.78, 5) is 15.8. The zero-order chi connectivity index (χ0) is 12.4. The molecule has 0 bridgehead atoms. The fourth-order valence-electron chi connectivity index (χ4n) is 1.39. The third-order valence-corrected chi connectivity index (χ3v) is 2.32. The van der Waals surface area contributed by atoms with Crippen molar-refractivity contribution in [1.29, 1.82) is 0 Å². The Hall–Kier alpha value is -2.37. The number of nitrogens with two attached hydrogens (primary N) is 1. The number of rotatable bonds is 2. The SMILES string of the molecule is Cc1noc(NC(=O)c2cccc(C)c2N)n1. The molecule has 0 unspecified atom stereocenters. The maximum Gasteiger partial charge on any atom is 0.328 e. The Morgan fingerprint density at radius 2 is 2.18 bits per heavy atom. The van der Waals surface area contributed by atoms with Gasteiger partial charge in [0, 0.05) is 5.69 Å². The van der Waals surface area contributed by atoms with E-state index < -0.39 is 0 Å². The molecule has 6 nitrogen and oxygen atoms in total. The maximum atomic E-state index is 11.9. The van der Waals surface area contributed by atoms with E-state index in [1.807, 2.05) is 13.0 Å². The first-order valence-corrected chi connectivity index (χ1v) is 5.04. The van der Waals surface area contributed by atoms with Crippen molar-refractivity contribution in [2.24, 2.45) is 0 Å². The lowest BCUT2D eigenvalue weighted by Gasteiger charge is -2.06. The molecule has 2 aromatic rings. The Morgan fingerprint density at radius 3 is 2.82 bits per heavy atom. The average Bonchev–Trinajstić information content (AvgIpc) is 2.68. The van der Waals surface area contributed by atoms with Crippen LogP contribution in [0.15, 0.2) is 22.7 Å². The van der Waals surface area contributed by atoms with Crippen molar-refractivity contribution in [3.05, 3.63) is 35.2 Å². The van der Waals surface area contributed by atoms with Crippen LogP contribution in [0.1, 0.15) is 21.7 Å². The zero-order valence-corrected chi connectivity index (χ0v) is 9.52. The topological polar surface area (TPSA) is 94.0 Å². The van der Waals surface area contributed by atoms with Crippen LogP contribution < -0.4 is 11.1 Å². The minimum atomic E-state index is -0.366. The van der Waals surface area contributed by atoms with Crippen molar-refractivity contribution in [3.8, 4) is 0 Å². The van der Waals surface area contributed by atoms with E-state index in [4.69, 9.17) is 10.3 Å². The van der Waals surface area contributed by atoms with E-state index in [1.54, 1.807) is 19.1 Å². The number of benzene rings is 1. The predicted octanol–water partition coefficient (Wildman–Crippen LogP) is 1.52. The van der Waals surface area contributed by atoms with Crippen molar-refractivity contribution in [1.82, 2.24) is 10.1 Å². The summed E-state index contributed by atoms with van der Waals surface area (Å²) in [6.07, 6.45) is 0. The Bertz CT molecular complexity index is 562. The van der Waals surface area contributed by atoms with Crippen molar-refractivity contribution < 1.29 is 9.32 Å². The summed E-state index contributed by atoms with van der Waals surface area (Å²) in [7, 11) is 0. The number of hydrogen-bond donors (Lipinski definition) is 2. The van der Waals surface area contributed by atoms with E-state index >= 15 is 0 Å². The molecule has 0 atom stereocenters. The molecule has 1 aromatic heterocycles. The van der Waals surface area contributed by atoms with E-state index in [0.717, 1.165) is 5.56 Å². The molecule has 1 aromatic carbocycles. The Balaban J connectivity index is 2.23. The van der Waals surface area contributed by atoms with Gasteiger partial charge in [-0.15, -0.1) is 0 Å². The van der Waals surface area contributed by atoms with Gasteiger partial charge in [0.2, 0.25) is 0 Å². The molecule has 88 valence electrons. The number of nitrogens with one attached hydrogen (secondary N) is 1. The molecule has 0 fully saturated rings. The first-order chi connectivity index (χ1) is 8.08. The van der Waals surface area contributed by atoms with Crippen molar-refractivity contribution in [2.75, 3.05) is 11.1 Å². The number of hydrogen-bond acceptors (Lipinski definition) is 5. The number of aryl methyl sites for hydroxylation is 2. The second kappa shape index (κ2) is 4.25. The summed E-state index contributed by atoms with van der Waals surface area (Å²) in [6, 6.07) is 5.30. The first kappa shape index (κ1) is 11.1. The monoisotopic (exact) mass is 232 g/mol. The van der Waals surface area contributed by atoms with Crippen molar-refractivity contribution in [3.63, 3.8) is 0 Å². The second-order valence-electron chi connectivity index (χ2n) is 3.64. The molecule has 3 N–H and O–H groups in total. The van der Waals surface area contributed by atoms with Gasteiger partial charge in [0.05, 0.1) is 5.56 Å². The normalized spacial score (nSPS) is 10.2. The van der Waals surface area contributed by atoms with Gasteiger partial charge in [0.15, 0.2) is 5.82 Å². The molecule has 1 amide bonds. The molecule has 0 aliphatic heterocycles. The van der Waals surface area contributed by atoms with Gasteiger partial charge in [-0.25, -0.2) is 0 Å². The van der Waals surface area contributed by atoms with Gasteiger partial charge >= 0.3 is 6.01 Å². The van der Waals surface area contributed by atoms with Crippen LogP contribution >= 0.6 is 0 Å². The summed E-state index contributed by atoms with van der Waals surface area (Å²) in [5.74, 6) is 0.0902. The van der Waals surface area contributed by atoms with E-state index in [1.165, 1.54) is 0 Å². The zero-order valence-electron chi connectivity index (χ0n) is 9.52. The summed E-state index contributed by atoms with van der Waals surface area (Å²) in [6.45, 7) is 3.50.